The van der Waals surface area contributed by atoms with Crippen molar-refractivity contribution in [2.45, 2.75) is 69.8 Å². The highest BCUT2D eigenvalue weighted by Crippen LogP contribution is 2.53. The van der Waals surface area contributed by atoms with Crippen molar-refractivity contribution in [1.82, 2.24) is 24.5 Å². The molecule has 13 heteroatoms. The van der Waals surface area contributed by atoms with Gasteiger partial charge in [-0.05, 0) is 65.0 Å². The zero-order valence-electron chi connectivity index (χ0n) is 21.1. The first-order valence-corrected chi connectivity index (χ1v) is 12.8. The van der Waals surface area contributed by atoms with Crippen LogP contribution >= 0.6 is 11.6 Å². The summed E-state index contributed by atoms with van der Waals surface area (Å²) in [4.78, 5) is 10.0. The molecule has 3 aromatic rings. The average Bonchev–Trinajstić information content (AvgIpc) is 3.27. The lowest BCUT2D eigenvalue weighted by Crippen LogP contribution is -2.48. The number of rotatable bonds is 6. The van der Waals surface area contributed by atoms with E-state index in [1.807, 2.05) is 0 Å². The van der Waals surface area contributed by atoms with E-state index in [2.05, 4.69) is 39.4 Å². The van der Waals surface area contributed by atoms with Crippen LogP contribution in [0.4, 0.5) is 27.8 Å². The van der Waals surface area contributed by atoms with E-state index in [-0.39, 0.29) is 28.9 Å². The Bertz CT molecular complexity index is 1310. The molecule has 0 saturated heterocycles. The molecule has 0 bridgehead atoms. The molecule has 206 valence electrons. The Morgan fingerprint density at radius 3 is 2.34 bits per heavy atom. The van der Waals surface area contributed by atoms with E-state index < -0.39 is 40.1 Å². The first-order chi connectivity index (χ1) is 17.9. The predicted molar refractivity (Wildman–Crippen MR) is 132 cm³/mol. The molecule has 1 N–H and O–H groups in total. The SMILES string of the molecule is C[C@H](Nc1c(-c2c(F)cc(OC3CC4(CCC(N(C)C)CC4)C3)cc2F)c(Cl)nc2ncnn12)C(F)(F)F. The van der Waals surface area contributed by atoms with Crippen molar-refractivity contribution in [3.63, 3.8) is 0 Å². The average molecular weight is 559 g/mol. The Morgan fingerprint density at radius 2 is 1.76 bits per heavy atom. The number of hydrogen-bond donors (Lipinski definition) is 1. The van der Waals surface area contributed by atoms with Crippen LogP contribution in [0.1, 0.15) is 45.4 Å². The highest BCUT2D eigenvalue weighted by atomic mass is 35.5. The summed E-state index contributed by atoms with van der Waals surface area (Å²) in [6, 6.07) is 0.531. The molecular weight excluding hydrogens is 531 g/mol. The topological polar surface area (TPSA) is 67.6 Å². The van der Waals surface area contributed by atoms with Gasteiger partial charge in [0.15, 0.2) is 0 Å². The summed E-state index contributed by atoms with van der Waals surface area (Å²) in [5.74, 6) is -2.61. The van der Waals surface area contributed by atoms with Gasteiger partial charge in [-0.1, -0.05) is 11.6 Å². The number of fused-ring (bicyclic) bond motifs is 1. The first kappa shape index (κ1) is 26.9. The summed E-state index contributed by atoms with van der Waals surface area (Å²) in [5, 5.41) is 5.65. The maximum absolute atomic E-state index is 15.4. The zero-order chi connectivity index (χ0) is 27.4. The third-order valence-corrected chi connectivity index (χ3v) is 8.14. The molecule has 38 heavy (non-hydrogen) atoms. The smallest absolute Gasteiger partial charge is 0.408 e. The number of nitrogens with one attached hydrogen (secondary N) is 1. The van der Waals surface area contributed by atoms with E-state index in [0.29, 0.717) is 6.04 Å². The lowest BCUT2D eigenvalue weighted by atomic mass is 9.58. The molecule has 2 aliphatic rings. The molecule has 0 unspecified atom stereocenters. The minimum absolute atomic E-state index is 0.00895. The fourth-order valence-electron chi connectivity index (χ4n) is 5.64. The van der Waals surface area contributed by atoms with E-state index in [1.165, 1.54) is 0 Å². The van der Waals surface area contributed by atoms with E-state index in [0.717, 1.165) is 68.4 Å². The van der Waals surface area contributed by atoms with Gasteiger partial charge in [-0.15, -0.1) is 0 Å². The van der Waals surface area contributed by atoms with Crippen LogP contribution in [0.2, 0.25) is 5.15 Å². The van der Waals surface area contributed by atoms with E-state index >= 15 is 8.78 Å². The monoisotopic (exact) mass is 558 g/mol. The van der Waals surface area contributed by atoms with Gasteiger partial charge in [0.1, 0.15) is 40.7 Å². The maximum atomic E-state index is 15.4. The van der Waals surface area contributed by atoms with Gasteiger partial charge in [-0.3, -0.25) is 0 Å². The highest BCUT2D eigenvalue weighted by Gasteiger charge is 2.47. The normalized spacial score (nSPS) is 24.6. The van der Waals surface area contributed by atoms with Crippen molar-refractivity contribution in [2.24, 2.45) is 5.41 Å². The first-order valence-electron chi connectivity index (χ1n) is 12.4. The predicted octanol–water partition coefficient (Wildman–Crippen LogP) is 6.12. The maximum Gasteiger partial charge on any atom is 0.408 e. The number of aromatic nitrogens is 4. The molecule has 2 aromatic heterocycles. The van der Waals surface area contributed by atoms with Crippen molar-refractivity contribution in [3.05, 3.63) is 35.2 Å². The Hall–Kier alpha value is -2.73. The van der Waals surface area contributed by atoms with Crippen LogP contribution in [0.25, 0.3) is 16.9 Å². The lowest BCUT2D eigenvalue weighted by Gasteiger charge is -2.51. The molecular formula is C25H28ClF5N6O. The summed E-state index contributed by atoms with van der Waals surface area (Å²) in [5.41, 5.74) is -0.824. The Kier molecular flexibility index (Phi) is 6.91. The number of hydrogen-bond acceptors (Lipinski definition) is 6. The van der Waals surface area contributed by atoms with Gasteiger partial charge in [0.2, 0.25) is 0 Å². The van der Waals surface area contributed by atoms with Crippen LogP contribution in [0.3, 0.4) is 0 Å². The number of ether oxygens (including phenoxy) is 1. The van der Waals surface area contributed by atoms with Crippen LogP contribution in [-0.2, 0) is 0 Å². The molecule has 0 radical (unpaired) electrons. The fourth-order valence-corrected chi connectivity index (χ4v) is 5.90. The molecule has 0 amide bonds. The molecule has 2 aliphatic carbocycles. The van der Waals surface area contributed by atoms with Crippen LogP contribution in [0.5, 0.6) is 5.75 Å². The van der Waals surface area contributed by atoms with Crippen molar-refractivity contribution in [1.29, 1.82) is 0 Å². The summed E-state index contributed by atoms with van der Waals surface area (Å²) in [6.07, 6.45) is 2.31. The lowest BCUT2D eigenvalue weighted by molar-refractivity contribution is -0.138. The molecule has 1 spiro atoms. The molecule has 5 rings (SSSR count). The summed E-state index contributed by atoms with van der Waals surface area (Å²) in [7, 11) is 4.18. The minimum Gasteiger partial charge on any atom is -0.490 e. The molecule has 2 saturated carbocycles. The largest absolute Gasteiger partial charge is 0.490 e. The second kappa shape index (κ2) is 9.78. The van der Waals surface area contributed by atoms with Crippen molar-refractivity contribution in [2.75, 3.05) is 19.4 Å². The standard InChI is InChI=1S/C25H28ClF5N6O/c1-13(25(29,30)31)34-22-20(21(26)35-23-32-12-33-37(22)23)19-17(27)8-15(9-18(19)28)38-16-10-24(11-16)6-4-14(5-7-24)36(2)3/h8-9,12-14,16,34H,4-7,10-11H2,1-3H3/t13-,14?,16?,24?/m0/s1. The van der Waals surface area contributed by atoms with Gasteiger partial charge in [0, 0.05) is 18.2 Å². The van der Waals surface area contributed by atoms with Crippen molar-refractivity contribution >= 4 is 23.2 Å². The second-order valence-corrected chi connectivity index (χ2v) is 11.0. The van der Waals surface area contributed by atoms with Gasteiger partial charge in [0.25, 0.3) is 5.78 Å². The Balaban J connectivity index is 1.40. The Labute approximate surface area is 221 Å². The van der Waals surface area contributed by atoms with Crippen molar-refractivity contribution < 1.29 is 26.7 Å². The number of benzene rings is 1. The van der Waals surface area contributed by atoms with E-state index in [1.54, 1.807) is 0 Å². The van der Waals surface area contributed by atoms with Crippen LogP contribution in [-0.4, -0.2) is 62.9 Å². The molecule has 1 aromatic carbocycles. The highest BCUT2D eigenvalue weighted by molar-refractivity contribution is 6.33. The zero-order valence-corrected chi connectivity index (χ0v) is 21.9. The molecule has 1 atom stereocenters. The van der Waals surface area contributed by atoms with Gasteiger partial charge < -0.3 is 15.0 Å². The van der Waals surface area contributed by atoms with Gasteiger partial charge >= 0.3 is 6.18 Å². The summed E-state index contributed by atoms with van der Waals surface area (Å²) in [6.45, 7) is 0.864. The molecule has 2 heterocycles. The fraction of sp³-hybridized carbons (Fsp3) is 0.560. The quantitative estimate of drug-likeness (QED) is 0.290. The second-order valence-electron chi connectivity index (χ2n) is 10.6. The van der Waals surface area contributed by atoms with Gasteiger partial charge in [-0.25, -0.2) is 8.78 Å². The molecule has 2 fully saturated rings. The number of alkyl halides is 3. The third kappa shape index (κ3) is 5.00. The summed E-state index contributed by atoms with van der Waals surface area (Å²) < 4.78 is 77.6. The Morgan fingerprint density at radius 1 is 1.13 bits per heavy atom. The van der Waals surface area contributed by atoms with Crippen molar-refractivity contribution in [3.8, 4) is 16.9 Å². The summed E-state index contributed by atoms with van der Waals surface area (Å²) >= 11 is 6.23. The van der Waals surface area contributed by atoms with Crippen LogP contribution in [0.15, 0.2) is 18.5 Å². The van der Waals surface area contributed by atoms with Crippen LogP contribution in [0, 0.1) is 17.0 Å². The third-order valence-electron chi connectivity index (χ3n) is 7.86. The van der Waals surface area contributed by atoms with E-state index in [9.17, 15) is 13.2 Å². The minimum atomic E-state index is -4.65. The number of halogens is 6. The van der Waals surface area contributed by atoms with Gasteiger partial charge in [-0.2, -0.15) is 32.8 Å². The number of anilines is 1. The van der Waals surface area contributed by atoms with Gasteiger partial charge in [0.05, 0.1) is 17.2 Å². The number of nitrogens with zero attached hydrogens (tertiary/aromatic N) is 5. The van der Waals surface area contributed by atoms with Crippen LogP contribution < -0.4 is 10.1 Å². The molecule has 0 aliphatic heterocycles. The van der Waals surface area contributed by atoms with E-state index in [4.69, 9.17) is 16.3 Å². The molecule has 7 nitrogen and oxygen atoms in total.